The van der Waals surface area contributed by atoms with Gasteiger partial charge in [0.2, 0.25) is 0 Å². The standard InChI is InChI=1S/C8H11ClN2O2S/c1-6-11-7(5-14-6)4-10-8(12)13-3-2-9/h5H,2-4H2,1H3,(H,10,12). The highest BCUT2D eigenvalue weighted by Gasteiger charge is 2.02. The average molecular weight is 235 g/mol. The zero-order valence-corrected chi connectivity index (χ0v) is 9.32. The normalized spacial score (nSPS) is 9.86. The fourth-order valence-electron chi connectivity index (χ4n) is 0.834. The monoisotopic (exact) mass is 234 g/mol. The molecule has 1 heterocycles. The van der Waals surface area contributed by atoms with Crippen LogP contribution in [-0.2, 0) is 11.3 Å². The van der Waals surface area contributed by atoms with Gasteiger partial charge >= 0.3 is 6.09 Å². The Balaban J connectivity index is 2.23. The second kappa shape index (κ2) is 5.82. The minimum Gasteiger partial charge on any atom is -0.448 e. The van der Waals surface area contributed by atoms with E-state index in [0.717, 1.165) is 10.7 Å². The highest BCUT2D eigenvalue weighted by molar-refractivity contribution is 7.09. The molecule has 14 heavy (non-hydrogen) atoms. The van der Waals surface area contributed by atoms with Gasteiger partial charge in [0.05, 0.1) is 23.1 Å². The molecule has 4 nitrogen and oxygen atoms in total. The number of alkyl halides is 1. The van der Waals surface area contributed by atoms with Crippen molar-refractivity contribution in [2.45, 2.75) is 13.5 Å². The number of hydrogen-bond acceptors (Lipinski definition) is 4. The zero-order valence-electron chi connectivity index (χ0n) is 7.75. The number of amides is 1. The lowest BCUT2D eigenvalue weighted by atomic mass is 10.5. The van der Waals surface area contributed by atoms with Crippen molar-refractivity contribution in [2.75, 3.05) is 12.5 Å². The molecule has 0 atom stereocenters. The molecular formula is C8H11ClN2O2S. The molecule has 0 saturated carbocycles. The number of aromatic nitrogens is 1. The Morgan fingerprint density at radius 2 is 2.57 bits per heavy atom. The summed E-state index contributed by atoms with van der Waals surface area (Å²) >= 11 is 6.90. The van der Waals surface area contributed by atoms with Crippen molar-refractivity contribution < 1.29 is 9.53 Å². The summed E-state index contributed by atoms with van der Waals surface area (Å²) in [6.45, 7) is 2.54. The average Bonchev–Trinajstić information content (AvgIpc) is 2.58. The summed E-state index contributed by atoms with van der Waals surface area (Å²) in [4.78, 5) is 15.2. The molecule has 1 aromatic heterocycles. The van der Waals surface area contributed by atoms with E-state index < -0.39 is 6.09 Å². The SMILES string of the molecule is Cc1nc(CNC(=O)OCCCl)cs1. The van der Waals surface area contributed by atoms with Crippen molar-refractivity contribution in [3.05, 3.63) is 16.1 Å². The zero-order chi connectivity index (χ0) is 10.4. The van der Waals surface area contributed by atoms with Gasteiger partial charge in [-0.15, -0.1) is 22.9 Å². The first-order chi connectivity index (χ1) is 6.72. The van der Waals surface area contributed by atoms with Gasteiger partial charge in [0.15, 0.2) is 0 Å². The van der Waals surface area contributed by atoms with E-state index in [2.05, 4.69) is 10.3 Å². The van der Waals surface area contributed by atoms with E-state index in [-0.39, 0.29) is 6.61 Å². The molecule has 78 valence electrons. The first-order valence-electron chi connectivity index (χ1n) is 4.10. The Labute approximate surface area is 91.2 Å². The molecule has 0 aromatic carbocycles. The van der Waals surface area contributed by atoms with Crippen molar-refractivity contribution in [1.82, 2.24) is 10.3 Å². The number of nitrogens with zero attached hydrogens (tertiary/aromatic N) is 1. The maximum Gasteiger partial charge on any atom is 0.407 e. The Morgan fingerprint density at radius 1 is 1.79 bits per heavy atom. The number of halogens is 1. The van der Waals surface area contributed by atoms with Gasteiger partial charge in [0.25, 0.3) is 0 Å². The summed E-state index contributed by atoms with van der Waals surface area (Å²) in [5, 5.41) is 5.45. The van der Waals surface area contributed by atoms with Crippen molar-refractivity contribution in [3.8, 4) is 0 Å². The molecule has 0 bridgehead atoms. The van der Waals surface area contributed by atoms with Gasteiger partial charge in [0, 0.05) is 5.38 Å². The first-order valence-corrected chi connectivity index (χ1v) is 5.51. The minimum atomic E-state index is -0.462. The number of thiazole rings is 1. The van der Waals surface area contributed by atoms with E-state index in [0.29, 0.717) is 12.4 Å². The van der Waals surface area contributed by atoms with E-state index in [9.17, 15) is 4.79 Å². The van der Waals surface area contributed by atoms with Crippen LogP contribution in [0.25, 0.3) is 0 Å². The summed E-state index contributed by atoms with van der Waals surface area (Å²) in [5.74, 6) is 0.309. The van der Waals surface area contributed by atoms with Crippen LogP contribution in [0, 0.1) is 6.92 Å². The lowest BCUT2D eigenvalue weighted by molar-refractivity contribution is 0.152. The lowest BCUT2D eigenvalue weighted by Gasteiger charge is -2.03. The molecule has 1 rings (SSSR count). The molecule has 0 fully saturated rings. The van der Waals surface area contributed by atoms with Gasteiger partial charge in [-0.05, 0) is 6.92 Å². The molecule has 0 aliphatic heterocycles. The third-order valence-electron chi connectivity index (χ3n) is 1.39. The third kappa shape index (κ3) is 3.93. The van der Waals surface area contributed by atoms with Crippen molar-refractivity contribution in [3.63, 3.8) is 0 Å². The highest BCUT2D eigenvalue weighted by atomic mass is 35.5. The maximum atomic E-state index is 11.0. The van der Waals surface area contributed by atoms with E-state index in [4.69, 9.17) is 16.3 Å². The van der Waals surface area contributed by atoms with E-state index >= 15 is 0 Å². The van der Waals surface area contributed by atoms with Crippen molar-refractivity contribution >= 4 is 29.0 Å². The second-order valence-corrected chi connectivity index (χ2v) is 3.98. The van der Waals surface area contributed by atoms with Gasteiger partial charge in [-0.3, -0.25) is 0 Å². The number of alkyl carbamates (subject to hydrolysis) is 1. The number of nitrogens with one attached hydrogen (secondary N) is 1. The van der Waals surface area contributed by atoms with E-state index in [1.54, 1.807) is 11.3 Å². The van der Waals surface area contributed by atoms with Crippen LogP contribution in [0.3, 0.4) is 0 Å². The van der Waals surface area contributed by atoms with Crippen LogP contribution in [-0.4, -0.2) is 23.6 Å². The number of carbonyl (C=O) groups excluding carboxylic acids is 1. The van der Waals surface area contributed by atoms with Gasteiger partial charge in [-0.2, -0.15) is 0 Å². The number of hydrogen-bond donors (Lipinski definition) is 1. The van der Waals surface area contributed by atoms with Crippen LogP contribution in [0.15, 0.2) is 5.38 Å². The van der Waals surface area contributed by atoms with Gasteiger partial charge < -0.3 is 10.1 Å². The summed E-state index contributed by atoms with van der Waals surface area (Å²) in [6, 6.07) is 0. The van der Waals surface area contributed by atoms with Crippen LogP contribution >= 0.6 is 22.9 Å². The third-order valence-corrected chi connectivity index (χ3v) is 2.37. The molecule has 0 aliphatic carbocycles. The van der Waals surface area contributed by atoms with Crippen molar-refractivity contribution in [1.29, 1.82) is 0 Å². The molecule has 0 aliphatic rings. The number of carbonyl (C=O) groups is 1. The lowest BCUT2D eigenvalue weighted by Crippen LogP contribution is -2.24. The summed E-state index contributed by atoms with van der Waals surface area (Å²) in [6.07, 6.45) is -0.462. The maximum absolute atomic E-state index is 11.0. The van der Waals surface area contributed by atoms with Crippen LogP contribution in [0.2, 0.25) is 0 Å². The van der Waals surface area contributed by atoms with Gasteiger partial charge in [0.1, 0.15) is 6.61 Å². The summed E-state index contributed by atoms with van der Waals surface area (Å²) in [7, 11) is 0. The molecule has 1 N–H and O–H groups in total. The molecular weight excluding hydrogens is 224 g/mol. The molecule has 1 amide bonds. The highest BCUT2D eigenvalue weighted by Crippen LogP contribution is 2.07. The predicted octanol–water partition coefficient (Wildman–Crippen LogP) is 1.92. The number of ether oxygens (including phenoxy) is 1. The minimum absolute atomic E-state index is 0.226. The Bertz CT molecular complexity index is 303. The molecule has 0 radical (unpaired) electrons. The number of rotatable bonds is 4. The fraction of sp³-hybridized carbons (Fsp3) is 0.500. The van der Waals surface area contributed by atoms with Crippen LogP contribution in [0.5, 0.6) is 0 Å². The fourth-order valence-corrected chi connectivity index (χ4v) is 1.52. The summed E-state index contributed by atoms with van der Waals surface area (Å²) < 4.78 is 4.71. The van der Waals surface area contributed by atoms with Crippen molar-refractivity contribution in [2.24, 2.45) is 0 Å². The Hall–Kier alpha value is -0.810. The van der Waals surface area contributed by atoms with E-state index in [1.165, 1.54) is 0 Å². The molecule has 0 unspecified atom stereocenters. The second-order valence-electron chi connectivity index (χ2n) is 2.54. The van der Waals surface area contributed by atoms with Gasteiger partial charge in [-0.25, -0.2) is 9.78 Å². The van der Waals surface area contributed by atoms with Gasteiger partial charge in [-0.1, -0.05) is 0 Å². The van der Waals surface area contributed by atoms with Crippen LogP contribution < -0.4 is 5.32 Å². The van der Waals surface area contributed by atoms with E-state index in [1.807, 2.05) is 12.3 Å². The van der Waals surface area contributed by atoms with Crippen LogP contribution in [0.4, 0.5) is 4.79 Å². The molecule has 1 aromatic rings. The molecule has 0 spiro atoms. The largest absolute Gasteiger partial charge is 0.448 e. The Kier molecular flexibility index (Phi) is 4.69. The molecule has 6 heteroatoms. The first kappa shape index (κ1) is 11.3. The quantitative estimate of drug-likeness (QED) is 0.810. The van der Waals surface area contributed by atoms with Crippen LogP contribution in [0.1, 0.15) is 10.7 Å². The number of aryl methyl sites for hydroxylation is 1. The summed E-state index contributed by atoms with van der Waals surface area (Å²) in [5.41, 5.74) is 0.843. The molecule has 0 saturated heterocycles. The Morgan fingerprint density at radius 3 is 3.14 bits per heavy atom. The topological polar surface area (TPSA) is 51.2 Å². The predicted molar refractivity (Wildman–Crippen MR) is 55.8 cm³/mol. The smallest absolute Gasteiger partial charge is 0.407 e.